The van der Waals surface area contributed by atoms with Gasteiger partial charge in [-0.2, -0.15) is 0 Å². The number of benzene rings is 1. The number of carbonyl (C=O) groups is 1. The summed E-state index contributed by atoms with van der Waals surface area (Å²) in [5.74, 6) is -0.134. The second-order valence-corrected chi connectivity index (χ2v) is 4.80. The summed E-state index contributed by atoms with van der Waals surface area (Å²) < 4.78 is 5.21. The summed E-state index contributed by atoms with van der Waals surface area (Å²) >= 11 is 11.5. The maximum Gasteiger partial charge on any atom is 0.182 e. The van der Waals surface area contributed by atoms with Gasteiger partial charge in [0.1, 0.15) is 16.5 Å². The SMILES string of the molecule is CNC(C(=O)c1ccc2occc2c1)C(Cl)Cl. The average molecular weight is 272 g/mol. The third kappa shape index (κ3) is 2.46. The number of halogens is 2. The summed E-state index contributed by atoms with van der Waals surface area (Å²) in [5.41, 5.74) is 1.31. The Labute approximate surface area is 109 Å². The monoisotopic (exact) mass is 271 g/mol. The Balaban J connectivity index is 2.35. The van der Waals surface area contributed by atoms with Gasteiger partial charge in [0.2, 0.25) is 0 Å². The Morgan fingerprint density at radius 3 is 2.76 bits per heavy atom. The van der Waals surface area contributed by atoms with Crippen LogP contribution in [-0.2, 0) is 0 Å². The molecule has 17 heavy (non-hydrogen) atoms. The highest BCUT2D eigenvalue weighted by Crippen LogP contribution is 2.20. The minimum Gasteiger partial charge on any atom is -0.464 e. The van der Waals surface area contributed by atoms with Gasteiger partial charge in [-0.15, -0.1) is 23.2 Å². The third-order valence-corrected chi connectivity index (χ3v) is 3.09. The van der Waals surface area contributed by atoms with Crippen molar-refractivity contribution < 1.29 is 9.21 Å². The van der Waals surface area contributed by atoms with Gasteiger partial charge in [0, 0.05) is 10.9 Å². The van der Waals surface area contributed by atoms with Crippen LogP contribution in [0.4, 0.5) is 0 Å². The molecule has 90 valence electrons. The van der Waals surface area contributed by atoms with Crippen molar-refractivity contribution in [1.29, 1.82) is 0 Å². The van der Waals surface area contributed by atoms with Crippen LogP contribution in [0.5, 0.6) is 0 Å². The van der Waals surface area contributed by atoms with Gasteiger partial charge < -0.3 is 9.73 Å². The maximum absolute atomic E-state index is 12.1. The second kappa shape index (κ2) is 5.08. The lowest BCUT2D eigenvalue weighted by Gasteiger charge is -2.15. The number of likely N-dealkylation sites (N-methyl/N-ethyl adjacent to an activating group) is 1. The molecule has 2 aromatic rings. The van der Waals surface area contributed by atoms with E-state index in [0.29, 0.717) is 5.56 Å². The zero-order valence-electron chi connectivity index (χ0n) is 9.11. The molecule has 0 bridgehead atoms. The molecule has 0 fully saturated rings. The minimum absolute atomic E-state index is 0.134. The Hall–Kier alpha value is -1.03. The molecule has 1 aromatic carbocycles. The van der Waals surface area contributed by atoms with E-state index in [-0.39, 0.29) is 5.78 Å². The van der Waals surface area contributed by atoms with Gasteiger partial charge in [-0.3, -0.25) is 4.79 Å². The molecule has 5 heteroatoms. The van der Waals surface area contributed by atoms with Crippen LogP contribution in [0.2, 0.25) is 0 Å². The molecular formula is C12H11Cl2NO2. The van der Waals surface area contributed by atoms with Crippen molar-refractivity contribution in [3.63, 3.8) is 0 Å². The van der Waals surface area contributed by atoms with Crippen LogP contribution < -0.4 is 5.32 Å². The Bertz CT molecular complexity index is 536. The Kier molecular flexibility index (Phi) is 3.72. The third-order valence-electron chi connectivity index (χ3n) is 2.58. The largest absolute Gasteiger partial charge is 0.464 e. The number of Topliss-reactive ketones (excluding diaryl/α,β-unsaturated/α-hetero) is 1. The van der Waals surface area contributed by atoms with Crippen molar-refractivity contribution >= 4 is 40.0 Å². The van der Waals surface area contributed by atoms with Gasteiger partial charge in [-0.1, -0.05) is 0 Å². The molecule has 0 saturated carbocycles. The fourth-order valence-corrected chi connectivity index (χ4v) is 2.15. The number of fused-ring (bicyclic) bond motifs is 1. The Morgan fingerprint density at radius 2 is 2.12 bits per heavy atom. The number of rotatable bonds is 4. The molecule has 3 nitrogen and oxygen atoms in total. The molecule has 0 saturated heterocycles. The van der Waals surface area contributed by atoms with Crippen molar-refractivity contribution in [3.8, 4) is 0 Å². The lowest BCUT2D eigenvalue weighted by molar-refractivity contribution is 0.0953. The van der Waals surface area contributed by atoms with Crippen LogP contribution in [0.1, 0.15) is 10.4 Å². The van der Waals surface area contributed by atoms with Gasteiger partial charge in [0.25, 0.3) is 0 Å². The topological polar surface area (TPSA) is 42.2 Å². The normalized spacial score (nSPS) is 13.2. The van der Waals surface area contributed by atoms with Crippen molar-refractivity contribution in [2.45, 2.75) is 10.9 Å². The number of furan rings is 1. The highest BCUT2D eigenvalue weighted by Gasteiger charge is 2.24. The quantitative estimate of drug-likeness (QED) is 0.687. The van der Waals surface area contributed by atoms with Gasteiger partial charge in [-0.25, -0.2) is 0 Å². The fraction of sp³-hybridized carbons (Fsp3) is 0.250. The number of carbonyl (C=O) groups excluding carboxylic acids is 1. The molecule has 0 spiro atoms. The lowest BCUT2D eigenvalue weighted by atomic mass is 10.0. The average Bonchev–Trinajstić information content (AvgIpc) is 2.75. The standard InChI is InChI=1S/C12H11Cl2NO2/c1-15-10(12(13)14)11(16)8-2-3-9-7(6-8)4-5-17-9/h2-6,10,12,15H,1H3. The molecular weight excluding hydrogens is 261 g/mol. The van der Waals surface area contributed by atoms with E-state index in [4.69, 9.17) is 27.6 Å². The van der Waals surface area contributed by atoms with Crippen molar-refractivity contribution in [1.82, 2.24) is 5.32 Å². The van der Waals surface area contributed by atoms with Gasteiger partial charge in [0.15, 0.2) is 5.78 Å². The number of nitrogens with one attached hydrogen (secondary N) is 1. The molecule has 0 aliphatic carbocycles. The smallest absolute Gasteiger partial charge is 0.182 e. The molecule has 1 aromatic heterocycles. The zero-order chi connectivity index (χ0) is 12.4. The predicted octanol–water partition coefficient (Wildman–Crippen LogP) is 3.01. The van der Waals surface area contributed by atoms with Crippen LogP contribution in [0.3, 0.4) is 0 Å². The first-order valence-electron chi connectivity index (χ1n) is 5.10. The molecule has 1 unspecified atom stereocenters. The number of hydrogen-bond donors (Lipinski definition) is 1. The van der Waals surface area contributed by atoms with Gasteiger partial charge >= 0.3 is 0 Å². The van der Waals surface area contributed by atoms with E-state index in [0.717, 1.165) is 11.0 Å². The van der Waals surface area contributed by atoms with E-state index in [2.05, 4.69) is 5.32 Å². The van der Waals surface area contributed by atoms with E-state index >= 15 is 0 Å². The summed E-state index contributed by atoms with van der Waals surface area (Å²) in [7, 11) is 1.65. The first-order chi connectivity index (χ1) is 8.13. The zero-order valence-corrected chi connectivity index (χ0v) is 10.6. The number of alkyl halides is 2. The lowest BCUT2D eigenvalue weighted by Crippen LogP contribution is -2.39. The van der Waals surface area contributed by atoms with Crippen molar-refractivity contribution in [2.75, 3.05) is 7.05 Å². The molecule has 0 radical (unpaired) electrons. The molecule has 0 aliphatic heterocycles. The summed E-state index contributed by atoms with van der Waals surface area (Å²) in [6, 6.07) is 6.42. The molecule has 2 rings (SSSR count). The van der Waals surface area contributed by atoms with E-state index < -0.39 is 10.9 Å². The predicted molar refractivity (Wildman–Crippen MR) is 68.9 cm³/mol. The van der Waals surface area contributed by atoms with Gasteiger partial charge in [0.05, 0.1) is 6.26 Å². The molecule has 0 amide bonds. The highest BCUT2D eigenvalue weighted by molar-refractivity contribution is 6.46. The van der Waals surface area contributed by atoms with E-state index in [1.807, 2.05) is 0 Å². The van der Waals surface area contributed by atoms with Crippen molar-refractivity contribution in [2.24, 2.45) is 0 Å². The maximum atomic E-state index is 12.1. The summed E-state index contributed by atoms with van der Waals surface area (Å²) in [5, 5.41) is 3.69. The van der Waals surface area contributed by atoms with Crippen LogP contribution >= 0.6 is 23.2 Å². The van der Waals surface area contributed by atoms with Crippen LogP contribution in [-0.4, -0.2) is 23.7 Å². The van der Waals surface area contributed by atoms with Crippen molar-refractivity contribution in [3.05, 3.63) is 36.1 Å². The van der Waals surface area contributed by atoms with Crippen LogP contribution in [0.15, 0.2) is 34.9 Å². The minimum atomic E-state index is -0.785. The Morgan fingerprint density at radius 1 is 1.35 bits per heavy atom. The summed E-state index contributed by atoms with van der Waals surface area (Å²) in [4.78, 5) is 11.3. The number of hydrogen-bond acceptors (Lipinski definition) is 3. The summed E-state index contributed by atoms with van der Waals surface area (Å²) in [6.45, 7) is 0. The van der Waals surface area contributed by atoms with Crippen LogP contribution in [0, 0.1) is 0 Å². The molecule has 1 N–H and O–H groups in total. The first kappa shape index (κ1) is 12.4. The second-order valence-electron chi connectivity index (χ2n) is 3.64. The van der Waals surface area contributed by atoms with Gasteiger partial charge in [-0.05, 0) is 31.3 Å². The fourth-order valence-electron chi connectivity index (χ4n) is 1.67. The number of ketones is 1. The van der Waals surface area contributed by atoms with E-state index in [1.165, 1.54) is 0 Å². The molecule has 1 atom stereocenters. The van der Waals surface area contributed by atoms with E-state index in [1.54, 1.807) is 37.6 Å². The summed E-state index contributed by atoms with van der Waals surface area (Å²) in [6.07, 6.45) is 1.58. The first-order valence-corrected chi connectivity index (χ1v) is 5.97. The highest BCUT2D eigenvalue weighted by atomic mass is 35.5. The van der Waals surface area contributed by atoms with Crippen LogP contribution in [0.25, 0.3) is 11.0 Å². The molecule has 1 heterocycles. The van der Waals surface area contributed by atoms with E-state index in [9.17, 15) is 4.79 Å². The molecule has 0 aliphatic rings.